The normalized spacial score (nSPS) is 21.7. The van der Waals surface area contributed by atoms with E-state index in [0.717, 1.165) is 50.8 Å². The highest BCUT2D eigenvalue weighted by Crippen LogP contribution is 2.36. The molecule has 3 heterocycles. The molecule has 27 heavy (non-hydrogen) atoms. The molecule has 7 nitrogen and oxygen atoms in total. The first-order chi connectivity index (χ1) is 13.1. The maximum absolute atomic E-state index is 12.5. The van der Waals surface area contributed by atoms with Crippen molar-refractivity contribution in [3.63, 3.8) is 0 Å². The lowest BCUT2D eigenvalue weighted by molar-refractivity contribution is -0.144. The highest BCUT2D eigenvalue weighted by Gasteiger charge is 2.45. The molecule has 0 unspecified atom stereocenters. The molecule has 2 fully saturated rings. The SMILES string of the molecule is CCCN1C(=O)C(=O)N(CN2CCCC[C@@H]2c2nc3ccccc3s2)C1=O. The highest BCUT2D eigenvalue weighted by atomic mass is 32.1. The summed E-state index contributed by atoms with van der Waals surface area (Å²) >= 11 is 1.66. The van der Waals surface area contributed by atoms with Crippen LogP contribution in [0.25, 0.3) is 10.2 Å². The van der Waals surface area contributed by atoms with Crippen molar-refractivity contribution in [2.45, 2.75) is 38.6 Å². The van der Waals surface area contributed by atoms with E-state index >= 15 is 0 Å². The van der Waals surface area contributed by atoms with Crippen molar-refractivity contribution in [2.75, 3.05) is 19.8 Å². The number of carbonyl (C=O) groups excluding carboxylic acids is 3. The fourth-order valence-corrected chi connectivity index (χ4v) is 4.89. The summed E-state index contributed by atoms with van der Waals surface area (Å²) in [6, 6.07) is 7.58. The van der Waals surface area contributed by atoms with Crippen molar-refractivity contribution in [3.8, 4) is 0 Å². The van der Waals surface area contributed by atoms with E-state index in [1.807, 2.05) is 25.1 Å². The molecule has 142 valence electrons. The molecule has 0 radical (unpaired) electrons. The molecule has 0 aliphatic carbocycles. The van der Waals surface area contributed by atoms with E-state index in [9.17, 15) is 14.4 Å². The first kappa shape index (κ1) is 18.1. The largest absolute Gasteiger partial charge is 0.335 e. The lowest BCUT2D eigenvalue weighted by Gasteiger charge is -2.36. The van der Waals surface area contributed by atoms with Crippen molar-refractivity contribution in [1.29, 1.82) is 0 Å². The van der Waals surface area contributed by atoms with Crippen LogP contribution in [-0.4, -0.2) is 57.3 Å². The zero-order valence-electron chi connectivity index (χ0n) is 15.3. The number of aromatic nitrogens is 1. The van der Waals surface area contributed by atoms with Gasteiger partial charge < -0.3 is 0 Å². The number of rotatable bonds is 5. The topological polar surface area (TPSA) is 73.8 Å². The number of urea groups is 1. The summed E-state index contributed by atoms with van der Waals surface area (Å²) in [5, 5.41) is 1.01. The van der Waals surface area contributed by atoms with Gasteiger partial charge in [-0.25, -0.2) is 14.7 Å². The van der Waals surface area contributed by atoms with Crippen LogP contribution in [0.4, 0.5) is 4.79 Å². The molecule has 0 N–H and O–H groups in total. The number of para-hydroxylation sites is 1. The van der Waals surface area contributed by atoms with Crippen LogP contribution < -0.4 is 0 Å². The third-order valence-corrected chi connectivity index (χ3v) is 6.25. The fourth-order valence-electron chi connectivity index (χ4n) is 3.75. The van der Waals surface area contributed by atoms with E-state index in [2.05, 4.69) is 11.0 Å². The molecule has 1 aromatic carbocycles. The van der Waals surface area contributed by atoms with Gasteiger partial charge in [-0.3, -0.25) is 19.4 Å². The number of benzene rings is 1. The molecule has 2 aromatic rings. The van der Waals surface area contributed by atoms with Gasteiger partial charge in [0.15, 0.2) is 0 Å². The number of thiazole rings is 1. The van der Waals surface area contributed by atoms with Crippen LogP contribution in [0, 0.1) is 0 Å². The van der Waals surface area contributed by atoms with Crippen LogP contribution in [0.2, 0.25) is 0 Å². The third-order valence-electron chi connectivity index (χ3n) is 5.11. The fraction of sp³-hybridized carbons (Fsp3) is 0.474. The summed E-state index contributed by atoms with van der Waals surface area (Å²) in [5.41, 5.74) is 0.973. The van der Waals surface area contributed by atoms with Gasteiger partial charge in [0, 0.05) is 13.1 Å². The number of amides is 4. The monoisotopic (exact) mass is 386 g/mol. The molecule has 2 saturated heterocycles. The van der Waals surface area contributed by atoms with Crippen molar-refractivity contribution >= 4 is 39.4 Å². The van der Waals surface area contributed by atoms with E-state index in [0.29, 0.717) is 6.42 Å². The van der Waals surface area contributed by atoms with Gasteiger partial charge in [-0.2, -0.15) is 0 Å². The van der Waals surface area contributed by atoms with Crippen LogP contribution in [-0.2, 0) is 9.59 Å². The second kappa shape index (κ2) is 7.36. The Hall–Kier alpha value is -2.32. The summed E-state index contributed by atoms with van der Waals surface area (Å²) in [6.45, 7) is 3.08. The van der Waals surface area contributed by atoms with Crippen molar-refractivity contribution in [3.05, 3.63) is 29.3 Å². The molecule has 4 rings (SSSR count). The van der Waals surface area contributed by atoms with Crippen LogP contribution in [0.15, 0.2) is 24.3 Å². The Kier molecular flexibility index (Phi) is 4.92. The lowest BCUT2D eigenvalue weighted by atomic mass is 10.0. The Morgan fingerprint density at radius 3 is 2.67 bits per heavy atom. The number of fused-ring (bicyclic) bond motifs is 1. The van der Waals surface area contributed by atoms with Gasteiger partial charge >= 0.3 is 17.8 Å². The predicted octanol–water partition coefficient (Wildman–Crippen LogP) is 2.98. The van der Waals surface area contributed by atoms with Crippen molar-refractivity contribution in [2.24, 2.45) is 0 Å². The second-order valence-corrected chi connectivity index (χ2v) is 8.02. The van der Waals surface area contributed by atoms with Crippen molar-refractivity contribution < 1.29 is 14.4 Å². The molecule has 0 spiro atoms. The van der Waals surface area contributed by atoms with E-state index in [1.165, 1.54) is 0 Å². The summed E-state index contributed by atoms with van der Waals surface area (Å²) in [6.07, 6.45) is 3.66. The minimum absolute atomic E-state index is 0.0621. The number of hydrogen-bond acceptors (Lipinski definition) is 6. The van der Waals surface area contributed by atoms with Crippen LogP contribution in [0.1, 0.15) is 43.7 Å². The van der Waals surface area contributed by atoms with Gasteiger partial charge in [-0.15, -0.1) is 11.3 Å². The standard InChI is InChI=1S/C19H22N4O3S/c1-2-10-22-17(24)18(25)23(19(22)26)12-21-11-6-5-8-14(21)16-20-13-7-3-4-9-15(13)27-16/h3-4,7,9,14H,2,5-6,8,10-12H2,1H3/t14-/m1/s1. The molecule has 4 amide bonds. The Bertz CT molecular complexity index is 863. The number of imide groups is 2. The highest BCUT2D eigenvalue weighted by molar-refractivity contribution is 7.18. The summed E-state index contributed by atoms with van der Waals surface area (Å²) in [5.74, 6) is -1.43. The Morgan fingerprint density at radius 1 is 1.11 bits per heavy atom. The zero-order valence-corrected chi connectivity index (χ0v) is 16.1. The number of carbonyl (C=O) groups is 3. The lowest BCUT2D eigenvalue weighted by Crippen LogP contribution is -2.45. The van der Waals surface area contributed by atoms with Gasteiger partial charge in [-0.1, -0.05) is 25.5 Å². The minimum Gasteiger partial charge on any atom is -0.276 e. The Morgan fingerprint density at radius 2 is 1.89 bits per heavy atom. The average molecular weight is 386 g/mol. The summed E-state index contributed by atoms with van der Waals surface area (Å²) < 4.78 is 1.13. The number of likely N-dealkylation sites (tertiary alicyclic amines) is 1. The van der Waals surface area contributed by atoms with Crippen LogP contribution in [0.3, 0.4) is 0 Å². The van der Waals surface area contributed by atoms with Gasteiger partial charge in [0.05, 0.1) is 22.9 Å². The molecule has 0 bridgehead atoms. The smallest absolute Gasteiger partial charge is 0.276 e. The predicted molar refractivity (Wildman–Crippen MR) is 102 cm³/mol. The van der Waals surface area contributed by atoms with E-state index in [4.69, 9.17) is 4.98 Å². The molecule has 2 aliphatic heterocycles. The maximum Gasteiger partial charge on any atom is 0.335 e. The number of piperidine rings is 1. The van der Waals surface area contributed by atoms with Gasteiger partial charge in [-0.05, 0) is 31.4 Å². The third kappa shape index (κ3) is 3.23. The molecule has 1 atom stereocenters. The van der Waals surface area contributed by atoms with Crippen LogP contribution >= 0.6 is 11.3 Å². The summed E-state index contributed by atoms with van der Waals surface area (Å²) in [7, 11) is 0. The average Bonchev–Trinajstić information content (AvgIpc) is 3.20. The first-order valence-corrected chi connectivity index (χ1v) is 10.2. The number of nitrogens with zero attached hydrogens (tertiary/aromatic N) is 4. The molecular weight excluding hydrogens is 364 g/mol. The quantitative estimate of drug-likeness (QED) is 0.583. The van der Waals surface area contributed by atoms with E-state index in [1.54, 1.807) is 11.3 Å². The Labute approximate surface area is 161 Å². The molecular formula is C19H22N4O3S. The van der Waals surface area contributed by atoms with E-state index in [-0.39, 0.29) is 19.3 Å². The first-order valence-electron chi connectivity index (χ1n) is 9.37. The summed E-state index contributed by atoms with van der Waals surface area (Å²) in [4.78, 5) is 46.0. The molecule has 0 saturated carbocycles. The van der Waals surface area contributed by atoms with Gasteiger partial charge in [0.2, 0.25) is 0 Å². The van der Waals surface area contributed by atoms with Crippen molar-refractivity contribution in [1.82, 2.24) is 19.7 Å². The van der Waals surface area contributed by atoms with Gasteiger partial charge in [0.25, 0.3) is 0 Å². The molecule has 2 aliphatic rings. The Balaban J connectivity index is 1.57. The second-order valence-electron chi connectivity index (χ2n) is 6.96. The minimum atomic E-state index is -0.720. The maximum atomic E-state index is 12.5. The molecule has 8 heteroatoms. The number of hydrogen-bond donors (Lipinski definition) is 0. The van der Waals surface area contributed by atoms with E-state index < -0.39 is 17.8 Å². The molecule has 1 aromatic heterocycles. The van der Waals surface area contributed by atoms with Crippen LogP contribution in [0.5, 0.6) is 0 Å². The van der Waals surface area contributed by atoms with Gasteiger partial charge in [0.1, 0.15) is 5.01 Å². The zero-order chi connectivity index (χ0) is 19.0.